The lowest BCUT2D eigenvalue weighted by molar-refractivity contribution is 0.525. The lowest BCUT2D eigenvalue weighted by Crippen LogP contribution is -2.17. The van der Waals surface area contributed by atoms with Gasteiger partial charge in [0.25, 0.3) is 0 Å². The Balaban J connectivity index is 2.04. The van der Waals surface area contributed by atoms with Crippen molar-refractivity contribution in [3.8, 4) is 0 Å². The van der Waals surface area contributed by atoms with Gasteiger partial charge in [0.1, 0.15) is 0 Å². The van der Waals surface area contributed by atoms with Gasteiger partial charge in [-0.2, -0.15) is 0 Å². The van der Waals surface area contributed by atoms with Gasteiger partial charge >= 0.3 is 0 Å². The molecule has 0 bridgehead atoms. The zero-order valence-corrected chi connectivity index (χ0v) is 9.25. The summed E-state index contributed by atoms with van der Waals surface area (Å²) in [7, 11) is 0. The lowest BCUT2D eigenvalue weighted by atomic mass is 10.0. The summed E-state index contributed by atoms with van der Waals surface area (Å²) in [5.41, 5.74) is 6.19. The SMILES string of the molecule is NCC1(Cc2cc(Br)cs2)CC1. The first-order chi connectivity index (χ1) is 5.74. The van der Waals surface area contributed by atoms with Gasteiger partial charge in [-0.1, -0.05) is 0 Å². The molecule has 0 unspecified atom stereocenters. The van der Waals surface area contributed by atoms with Gasteiger partial charge in [-0.15, -0.1) is 11.3 Å². The zero-order valence-electron chi connectivity index (χ0n) is 6.85. The van der Waals surface area contributed by atoms with E-state index in [0.29, 0.717) is 5.41 Å². The summed E-state index contributed by atoms with van der Waals surface area (Å²) in [6.07, 6.45) is 3.82. The van der Waals surface area contributed by atoms with Crippen LogP contribution in [-0.4, -0.2) is 6.54 Å². The highest BCUT2D eigenvalue weighted by Crippen LogP contribution is 2.48. The molecule has 0 atom stereocenters. The Hall–Kier alpha value is 0.140. The van der Waals surface area contributed by atoms with Crippen LogP contribution in [0.15, 0.2) is 15.9 Å². The minimum absolute atomic E-state index is 0.476. The Kier molecular flexibility index (Phi) is 2.27. The number of rotatable bonds is 3. The van der Waals surface area contributed by atoms with Gasteiger partial charge in [0, 0.05) is 14.7 Å². The summed E-state index contributed by atoms with van der Waals surface area (Å²) in [6, 6.07) is 2.21. The second-order valence-electron chi connectivity index (χ2n) is 3.61. The van der Waals surface area contributed by atoms with Crippen molar-refractivity contribution in [1.29, 1.82) is 0 Å². The fourth-order valence-electron chi connectivity index (χ4n) is 1.45. The number of halogens is 1. The Morgan fingerprint density at radius 3 is 2.75 bits per heavy atom. The van der Waals surface area contributed by atoms with Crippen molar-refractivity contribution in [2.75, 3.05) is 6.54 Å². The number of hydrogen-bond acceptors (Lipinski definition) is 2. The van der Waals surface area contributed by atoms with Gasteiger partial charge in [-0.05, 0) is 53.2 Å². The molecule has 0 aromatic carbocycles. The van der Waals surface area contributed by atoms with E-state index in [1.54, 1.807) is 0 Å². The van der Waals surface area contributed by atoms with Gasteiger partial charge in [0.15, 0.2) is 0 Å². The molecule has 0 spiro atoms. The van der Waals surface area contributed by atoms with Gasteiger partial charge in [-0.25, -0.2) is 0 Å². The van der Waals surface area contributed by atoms with Crippen LogP contribution in [0.3, 0.4) is 0 Å². The average Bonchev–Trinajstić information content (AvgIpc) is 2.71. The van der Waals surface area contributed by atoms with Gasteiger partial charge in [0.05, 0.1) is 0 Å². The van der Waals surface area contributed by atoms with E-state index < -0.39 is 0 Å². The minimum atomic E-state index is 0.476. The van der Waals surface area contributed by atoms with Crippen molar-refractivity contribution < 1.29 is 0 Å². The van der Waals surface area contributed by atoms with Crippen LogP contribution in [0.25, 0.3) is 0 Å². The van der Waals surface area contributed by atoms with E-state index in [4.69, 9.17) is 5.73 Å². The maximum Gasteiger partial charge on any atom is 0.0285 e. The van der Waals surface area contributed by atoms with Crippen LogP contribution in [-0.2, 0) is 6.42 Å². The summed E-state index contributed by atoms with van der Waals surface area (Å²) in [5, 5.41) is 2.14. The van der Waals surface area contributed by atoms with Crippen molar-refractivity contribution in [1.82, 2.24) is 0 Å². The minimum Gasteiger partial charge on any atom is -0.330 e. The highest BCUT2D eigenvalue weighted by atomic mass is 79.9. The van der Waals surface area contributed by atoms with Crippen molar-refractivity contribution in [3.05, 3.63) is 20.8 Å². The van der Waals surface area contributed by atoms with E-state index >= 15 is 0 Å². The number of hydrogen-bond donors (Lipinski definition) is 1. The highest BCUT2D eigenvalue weighted by Gasteiger charge is 2.41. The van der Waals surface area contributed by atoms with Crippen LogP contribution in [0.1, 0.15) is 17.7 Å². The fourth-order valence-corrected chi connectivity index (χ4v) is 3.07. The third-order valence-electron chi connectivity index (χ3n) is 2.56. The molecule has 66 valence electrons. The Morgan fingerprint density at radius 2 is 2.33 bits per heavy atom. The Bertz CT molecular complexity index is 278. The molecule has 1 aromatic heterocycles. The van der Waals surface area contributed by atoms with Crippen LogP contribution in [0.2, 0.25) is 0 Å². The van der Waals surface area contributed by atoms with Crippen molar-refractivity contribution in [3.63, 3.8) is 0 Å². The monoisotopic (exact) mass is 245 g/mol. The van der Waals surface area contributed by atoms with Crippen molar-refractivity contribution >= 4 is 27.3 Å². The molecule has 1 aliphatic carbocycles. The molecule has 1 nitrogen and oxygen atoms in total. The summed E-state index contributed by atoms with van der Waals surface area (Å²) in [4.78, 5) is 1.46. The first kappa shape index (κ1) is 8.73. The molecular weight excluding hydrogens is 234 g/mol. The van der Waals surface area contributed by atoms with E-state index in [2.05, 4.69) is 27.4 Å². The first-order valence-corrected chi connectivity index (χ1v) is 5.84. The Morgan fingerprint density at radius 1 is 1.58 bits per heavy atom. The second kappa shape index (κ2) is 3.13. The number of thiophene rings is 1. The van der Waals surface area contributed by atoms with Crippen LogP contribution < -0.4 is 5.73 Å². The fraction of sp³-hybridized carbons (Fsp3) is 0.556. The molecule has 0 amide bonds. The maximum atomic E-state index is 5.72. The molecule has 12 heavy (non-hydrogen) atoms. The lowest BCUT2D eigenvalue weighted by Gasteiger charge is -2.09. The molecule has 1 fully saturated rings. The van der Waals surface area contributed by atoms with Crippen molar-refractivity contribution in [2.45, 2.75) is 19.3 Å². The highest BCUT2D eigenvalue weighted by molar-refractivity contribution is 9.10. The Labute approximate surface area is 85.1 Å². The predicted octanol–water partition coefficient (Wildman–Crippen LogP) is 2.79. The normalized spacial score (nSPS) is 19.5. The van der Waals surface area contributed by atoms with E-state index in [1.807, 2.05) is 11.3 Å². The third-order valence-corrected chi connectivity index (χ3v) is 4.26. The predicted molar refractivity (Wildman–Crippen MR) is 56.4 cm³/mol. The summed E-state index contributed by atoms with van der Waals surface area (Å²) in [5.74, 6) is 0. The standard InChI is InChI=1S/C9H12BrNS/c10-7-3-8(12-5-7)4-9(6-11)1-2-9/h3,5H,1-2,4,6,11H2. The van der Waals surface area contributed by atoms with Gasteiger partial charge in [0.2, 0.25) is 0 Å². The second-order valence-corrected chi connectivity index (χ2v) is 5.52. The van der Waals surface area contributed by atoms with Gasteiger partial charge < -0.3 is 5.73 Å². The van der Waals surface area contributed by atoms with Crippen LogP contribution >= 0.6 is 27.3 Å². The molecule has 1 heterocycles. The van der Waals surface area contributed by atoms with E-state index in [9.17, 15) is 0 Å². The van der Waals surface area contributed by atoms with Crippen molar-refractivity contribution in [2.24, 2.45) is 11.1 Å². The zero-order chi connectivity index (χ0) is 8.60. The molecule has 1 aromatic rings. The summed E-state index contributed by atoms with van der Waals surface area (Å²) >= 11 is 5.29. The quantitative estimate of drug-likeness (QED) is 0.871. The molecule has 2 N–H and O–H groups in total. The third kappa shape index (κ3) is 1.73. The largest absolute Gasteiger partial charge is 0.330 e. The smallest absolute Gasteiger partial charge is 0.0285 e. The van der Waals surface area contributed by atoms with Crippen LogP contribution in [0, 0.1) is 5.41 Å². The average molecular weight is 246 g/mol. The molecule has 0 aliphatic heterocycles. The number of nitrogens with two attached hydrogens (primary N) is 1. The molecule has 0 saturated heterocycles. The van der Waals surface area contributed by atoms with E-state index in [-0.39, 0.29) is 0 Å². The van der Waals surface area contributed by atoms with Gasteiger partial charge in [-0.3, -0.25) is 0 Å². The van der Waals surface area contributed by atoms with Crippen LogP contribution in [0.5, 0.6) is 0 Å². The molecule has 1 aliphatic rings. The topological polar surface area (TPSA) is 26.0 Å². The first-order valence-electron chi connectivity index (χ1n) is 4.17. The summed E-state index contributed by atoms with van der Waals surface area (Å²) < 4.78 is 1.20. The molecule has 2 rings (SSSR count). The molecule has 0 radical (unpaired) electrons. The van der Waals surface area contributed by atoms with Crippen LogP contribution in [0.4, 0.5) is 0 Å². The summed E-state index contributed by atoms with van der Waals surface area (Å²) in [6.45, 7) is 0.850. The molecular formula is C9H12BrNS. The van der Waals surface area contributed by atoms with E-state index in [0.717, 1.165) is 6.54 Å². The molecule has 3 heteroatoms. The maximum absolute atomic E-state index is 5.72. The molecule has 1 saturated carbocycles. The van der Waals surface area contributed by atoms with E-state index in [1.165, 1.54) is 28.6 Å².